The van der Waals surface area contributed by atoms with Crippen molar-refractivity contribution in [3.63, 3.8) is 0 Å². The molecule has 0 radical (unpaired) electrons. The number of halogens is 4. The van der Waals surface area contributed by atoms with E-state index in [2.05, 4.69) is 25.3 Å². The average Bonchev–Trinajstić information content (AvgIpc) is 3.27. The lowest BCUT2D eigenvalue weighted by Crippen LogP contribution is -2.36. The third-order valence-corrected chi connectivity index (χ3v) is 6.31. The summed E-state index contributed by atoms with van der Waals surface area (Å²) in [7, 11) is -3.92. The van der Waals surface area contributed by atoms with Crippen molar-refractivity contribution in [3.05, 3.63) is 72.4 Å². The van der Waals surface area contributed by atoms with Crippen LogP contribution in [0, 0.1) is 5.82 Å². The summed E-state index contributed by atoms with van der Waals surface area (Å²) in [6, 6.07) is 11.5. The van der Waals surface area contributed by atoms with Crippen LogP contribution in [0.15, 0.2) is 70.4 Å². The molecule has 9 nitrogen and oxygen atoms in total. The van der Waals surface area contributed by atoms with Crippen LogP contribution < -0.4 is 15.4 Å². The number of carbonyl (C=O) groups is 1. The fourth-order valence-electron chi connectivity index (χ4n) is 3.24. The van der Waals surface area contributed by atoms with E-state index in [0.29, 0.717) is 22.3 Å². The molecular formula is C23H18F4N4O5S. The first kappa shape index (κ1) is 26.0. The van der Waals surface area contributed by atoms with Crippen molar-refractivity contribution in [2.45, 2.75) is 18.0 Å². The van der Waals surface area contributed by atoms with Crippen molar-refractivity contribution < 1.29 is 39.9 Å². The molecule has 2 N–H and O–H groups in total. The Morgan fingerprint density at radius 3 is 2.51 bits per heavy atom. The highest BCUT2D eigenvalue weighted by molar-refractivity contribution is 7.91. The topological polar surface area (TPSA) is 123 Å². The quantitative estimate of drug-likeness (QED) is 0.310. The van der Waals surface area contributed by atoms with Crippen LogP contribution in [0.3, 0.4) is 0 Å². The Morgan fingerprint density at radius 1 is 1.03 bits per heavy atom. The largest absolute Gasteiger partial charge is 0.573 e. The van der Waals surface area contributed by atoms with Gasteiger partial charge in [-0.05, 0) is 48.5 Å². The van der Waals surface area contributed by atoms with Crippen molar-refractivity contribution in [1.29, 1.82) is 0 Å². The number of rotatable bonds is 9. The van der Waals surface area contributed by atoms with Gasteiger partial charge in [0.05, 0.1) is 24.5 Å². The predicted octanol–water partition coefficient (Wildman–Crippen LogP) is 3.56. The molecule has 0 fully saturated rings. The normalized spacial score (nSPS) is 12.0. The first-order valence-electron chi connectivity index (χ1n) is 10.5. The van der Waals surface area contributed by atoms with E-state index in [9.17, 15) is 30.8 Å². The molecule has 0 saturated carbocycles. The van der Waals surface area contributed by atoms with E-state index >= 15 is 0 Å². The summed E-state index contributed by atoms with van der Waals surface area (Å²) in [6.07, 6.45) is -3.56. The zero-order valence-corrected chi connectivity index (χ0v) is 19.6. The Bertz CT molecular complexity index is 1520. The molecular weight excluding hydrogens is 520 g/mol. The molecule has 194 valence electrons. The van der Waals surface area contributed by atoms with Gasteiger partial charge in [0.1, 0.15) is 29.4 Å². The Morgan fingerprint density at radius 2 is 1.78 bits per heavy atom. The molecule has 0 aliphatic heterocycles. The number of nitrogens with zero attached hydrogens (tertiary/aromatic N) is 2. The Balaban J connectivity index is 1.28. The lowest BCUT2D eigenvalue weighted by atomic mass is 10.1. The molecule has 4 rings (SSSR count). The smallest absolute Gasteiger partial charge is 0.445 e. The number of benzene rings is 2. The highest BCUT2D eigenvalue weighted by atomic mass is 32.2. The number of hydrogen-bond donors (Lipinski definition) is 2. The fraction of sp³-hybridized carbons (Fsp3) is 0.174. The monoisotopic (exact) mass is 538 g/mol. The van der Waals surface area contributed by atoms with Gasteiger partial charge in [-0.2, -0.15) is 0 Å². The third-order valence-electron chi connectivity index (χ3n) is 4.91. The van der Waals surface area contributed by atoms with Gasteiger partial charge in [-0.3, -0.25) is 10.1 Å². The zero-order chi connectivity index (χ0) is 26.6. The Labute approximate surface area is 207 Å². The summed E-state index contributed by atoms with van der Waals surface area (Å²) in [5, 5.41) is 5.03. The van der Waals surface area contributed by atoms with Crippen LogP contribution in [-0.2, 0) is 21.2 Å². The maximum Gasteiger partial charge on any atom is 0.573 e. The molecule has 0 atom stereocenters. The van der Waals surface area contributed by atoms with Crippen LogP contribution in [0.1, 0.15) is 5.69 Å². The summed E-state index contributed by atoms with van der Waals surface area (Å²) < 4.78 is 84.2. The lowest BCUT2D eigenvalue weighted by molar-refractivity contribution is -0.274. The van der Waals surface area contributed by atoms with Crippen LogP contribution in [-0.4, -0.2) is 43.1 Å². The molecule has 4 aromatic rings. The number of nitrogens with one attached hydrogen (secondary N) is 2. The number of amides is 1. The second-order valence-electron chi connectivity index (χ2n) is 7.68. The van der Waals surface area contributed by atoms with Crippen LogP contribution in [0.5, 0.6) is 5.75 Å². The van der Waals surface area contributed by atoms with Gasteiger partial charge >= 0.3 is 6.36 Å². The van der Waals surface area contributed by atoms with Crippen molar-refractivity contribution in [2.24, 2.45) is 0 Å². The first-order chi connectivity index (χ1) is 17.5. The molecule has 0 spiro atoms. The Kier molecular flexibility index (Phi) is 7.40. The van der Waals surface area contributed by atoms with E-state index in [1.807, 2.05) is 0 Å². The van der Waals surface area contributed by atoms with Crippen LogP contribution in [0.4, 0.5) is 17.6 Å². The number of carbonyl (C=O) groups excluding carboxylic acids is 1. The van der Waals surface area contributed by atoms with Crippen molar-refractivity contribution >= 4 is 26.7 Å². The number of fused-ring (bicyclic) bond motifs is 1. The Hall–Kier alpha value is -4.04. The maximum atomic E-state index is 13.3. The molecule has 0 aliphatic carbocycles. The minimum atomic E-state index is -4.80. The zero-order valence-electron chi connectivity index (χ0n) is 18.8. The standard InChI is InChI=1S/C23H18F4N4O5S/c24-16-3-6-20-15(7-16)8-22(35-20)37(33,34)13-28-11-21(32)29-10-17-9-19(31-12-30-17)14-1-4-18(5-2-14)36-23(25,26)27/h1-9,12,28H,10-11,13H2,(H,29,32). The maximum absolute atomic E-state index is 13.3. The van der Waals surface area contributed by atoms with Crippen molar-refractivity contribution in [3.8, 4) is 17.0 Å². The molecule has 2 aromatic heterocycles. The highest BCUT2D eigenvalue weighted by Gasteiger charge is 2.31. The van der Waals surface area contributed by atoms with E-state index in [4.69, 9.17) is 4.42 Å². The van der Waals surface area contributed by atoms with Crippen LogP contribution in [0.25, 0.3) is 22.2 Å². The van der Waals surface area contributed by atoms with Gasteiger partial charge in [0.25, 0.3) is 0 Å². The van der Waals surface area contributed by atoms with Gasteiger partial charge in [-0.15, -0.1) is 13.2 Å². The third kappa shape index (κ3) is 7.01. The molecule has 14 heteroatoms. The van der Waals surface area contributed by atoms with Crippen LogP contribution in [0.2, 0.25) is 0 Å². The highest BCUT2D eigenvalue weighted by Crippen LogP contribution is 2.26. The number of aromatic nitrogens is 2. The fourth-order valence-corrected chi connectivity index (χ4v) is 4.28. The van der Waals surface area contributed by atoms with E-state index in [1.54, 1.807) is 6.07 Å². The van der Waals surface area contributed by atoms with E-state index in [1.165, 1.54) is 30.6 Å². The predicted molar refractivity (Wildman–Crippen MR) is 122 cm³/mol. The number of furan rings is 1. The van der Waals surface area contributed by atoms with E-state index < -0.39 is 33.8 Å². The molecule has 2 heterocycles. The van der Waals surface area contributed by atoms with Crippen LogP contribution >= 0.6 is 0 Å². The van der Waals surface area contributed by atoms with Crippen molar-refractivity contribution in [1.82, 2.24) is 20.6 Å². The van der Waals surface area contributed by atoms with Crippen molar-refractivity contribution in [2.75, 3.05) is 12.4 Å². The summed E-state index contributed by atoms with van der Waals surface area (Å²) in [5.41, 5.74) is 1.54. The minimum absolute atomic E-state index is 0.00676. The van der Waals surface area contributed by atoms with Gasteiger partial charge in [0.2, 0.25) is 20.8 Å². The second kappa shape index (κ2) is 10.5. The summed E-state index contributed by atoms with van der Waals surface area (Å²) >= 11 is 0. The van der Waals surface area contributed by atoms with Gasteiger partial charge < -0.3 is 14.5 Å². The second-order valence-corrected chi connectivity index (χ2v) is 9.60. The molecule has 0 saturated heterocycles. The molecule has 1 amide bonds. The molecule has 37 heavy (non-hydrogen) atoms. The molecule has 0 unspecified atom stereocenters. The van der Waals surface area contributed by atoms with Gasteiger partial charge in [-0.1, -0.05) is 0 Å². The number of hydrogen-bond acceptors (Lipinski definition) is 8. The molecule has 0 bridgehead atoms. The van der Waals surface area contributed by atoms with E-state index in [0.717, 1.165) is 24.3 Å². The summed E-state index contributed by atoms with van der Waals surface area (Å²) in [4.78, 5) is 20.2. The number of sulfone groups is 1. The van der Waals surface area contributed by atoms with Gasteiger partial charge in [-0.25, -0.2) is 22.8 Å². The lowest BCUT2D eigenvalue weighted by Gasteiger charge is -2.10. The summed E-state index contributed by atoms with van der Waals surface area (Å²) in [5.74, 6) is -2.01. The van der Waals surface area contributed by atoms with E-state index in [-0.39, 0.29) is 29.5 Å². The SMILES string of the molecule is O=C(CNCS(=O)(=O)c1cc2cc(F)ccc2o1)NCc1cc(-c2ccc(OC(F)(F)F)cc2)ncn1. The average molecular weight is 538 g/mol. The molecule has 0 aliphatic rings. The molecule has 2 aromatic carbocycles. The number of alkyl halides is 3. The number of ether oxygens (including phenoxy) is 1. The van der Waals surface area contributed by atoms with Gasteiger partial charge in [0.15, 0.2) is 0 Å². The minimum Gasteiger partial charge on any atom is -0.445 e. The summed E-state index contributed by atoms with van der Waals surface area (Å²) in [6.45, 7) is -0.333. The first-order valence-corrected chi connectivity index (χ1v) is 12.2. The van der Waals surface area contributed by atoms with Gasteiger partial charge in [0, 0.05) is 17.0 Å².